The van der Waals surface area contributed by atoms with Crippen molar-refractivity contribution >= 4 is 34.8 Å². The summed E-state index contributed by atoms with van der Waals surface area (Å²) in [5.41, 5.74) is 4.50. The molecule has 0 atom stereocenters. The van der Waals surface area contributed by atoms with Crippen molar-refractivity contribution in [1.82, 2.24) is 25.0 Å². The zero-order chi connectivity index (χ0) is 24.2. The molecule has 0 N–H and O–H groups in total. The minimum absolute atomic E-state index is 0.332. The maximum Gasteiger partial charge on any atom is 0.268 e. The summed E-state index contributed by atoms with van der Waals surface area (Å²) in [5, 5.41) is 15.3. The van der Waals surface area contributed by atoms with Crippen LogP contribution in [0.25, 0.3) is 28.5 Å². The number of halogens is 3. The maximum absolute atomic E-state index is 6.57. The van der Waals surface area contributed by atoms with Crippen molar-refractivity contribution in [2.24, 2.45) is 0 Å². The Hall–Kier alpha value is -3.19. The summed E-state index contributed by atoms with van der Waals surface area (Å²) < 4.78 is 8.01. The van der Waals surface area contributed by atoms with E-state index in [0.717, 1.165) is 35.4 Å². The van der Waals surface area contributed by atoms with Crippen LogP contribution in [0.1, 0.15) is 30.0 Å². The van der Waals surface area contributed by atoms with Gasteiger partial charge >= 0.3 is 0 Å². The molecule has 1 aliphatic carbocycles. The summed E-state index contributed by atoms with van der Waals surface area (Å²) in [7, 11) is 0. The molecule has 0 radical (unpaired) electrons. The van der Waals surface area contributed by atoms with Gasteiger partial charge in [-0.25, -0.2) is 4.68 Å². The Labute approximate surface area is 216 Å². The Kier molecular flexibility index (Phi) is 5.40. The second kappa shape index (κ2) is 8.48. The molecule has 1 aliphatic rings. The number of hydrogen-bond donors (Lipinski definition) is 0. The lowest BCUT2D eigenvalue weighted by Gasteiger charge is -2.11. The summed E-state index contributed by atoms with van der Waals surface area (Å²) in [6.45, 7) is 1.97. The van der Waals surface area contributed by atoms with Gasteiger partial charge in [-0.15, -0.1) is 10.2 Å². The molecule has 0 amide bonds. The van der Waals surface area contributed by atoms with Crippen LogP contribution in [0.15, 0.2) is 71.3 Å². The SMILES string of the molecule is Cc1c(-c2nnc(C3(c4ccccn4)CC3)o2)nn(-c2ccc(Cl)cc2Cl)c1-c1ccc(Cl)cc1. The molecule has 5 aromatic rings. The van der Waals surface area contributed by atoms with Crippen LogP contribution >= 0.6 is 34.8 Å². The molecule has 0 aliphatic heterocycles. The van der Waals surface area contributed by atoms with E-state index in [4.69, 9.17) is 44.3 Å². The topological polar surface area (TPSA) is 69.6 Å². The first-order valence-corrected chi connectivity index (χ1v) is 12.2. The fraction of sp³-hybridized carbons (Fsp3) is 0.154. The van der Waals surface area contributed by atoms with E-state index in [1.165, 1.54) is 0 Å². The molecule has 0 saturated heterocycles. The molecule has 1 fully saturated rings. The number of nitrogens with zero attached hydrogens (tertiary/aromatic N) is 5. The normalized spacial score (nSPS) is 14.3. The molecule has 174 valence electrons. The minimum Gasteiger partial charge on any atom is -0.418 e. The standard InChI is InChI=1S/C26H18Cl3N5O/c1-15-22(24-31-32-25(35-24)26(11-12-26)21-4-2-3-13-30-21)33-34(20-10-9-18(28)14-19(20)29)23(15)16-5-7-17(27)8-6-16/h2-10,13-14H,11-12H2,1H3. The number of hydrogen-bond acceptors (Lipinski definition) is 5. The van der Waals surface area contributed by atoms with Gasteiger partial charge in [0, 0.05) is 27.4 Å². The van der Waals surface area contributed by atoms with Crippen molar-refractivity contribution in [3.8, 4) is 28.5 Å². The molecule has 0 bridgehead atoms. The third kappa shape index (κ3) is 3.82. The predicted octanol–water partition coefficient (Wildman–Crippen LogP) is 7.33. The third-order valence-electron chi connectivity index (χ3n) is 6.32. The summed E-state index contributed by atoms with van der Waals surface area (Å²) >= 11 is 18.9. The number of pyridine rings is 1. The molecule has 35 heavy (non-hydrogen) atoms. The quantitative estimate of drug-likeness (QED) is 0.242. The zero-order valence-electron chi connectivity index (χ0n) is 18.5. The van der Waals surface area contributed by atoms with E-state index in [1.807, 2.05) is 55.5 Å². The van der Waals surface area contributed by atoms with Crippen molar-refractivity contribution < 1.29 is 4.42 Å². The van der Waals surface area contributed by atoms with Crippen LogP contribution in [0.3, 0.4) is 0 Å². The van der Waals surface area contributed by atoms with Crippen LogP contribution in [-0.4, -0.2) is 25.0 Å². The fourth-order valence-corrected chi connectivity index (χ4v) is 4.95. The van der Waals surface area contributed by atoms with Gasteiger partial charge in [0.15, 0.2) is 5.69 Å². The molecule has 6 nitrogen and oxygen atoms in total. The van der Waals surface area contributed by atoms with E-state index in [2.05, 4.69) is 15.2 Å². The number of benzene rings is 2. The Bertz CT molecular complexity index is 1540. The lowest BCUT2D eigenvalue weighted by Crippen LogP contribution is -2.10. The largest absolute Gasteiger partial charge is 0.418 e. The van der Waals surface area contributed by atoms with Gasteiger partial charge in [-0.3, -0.25) is 4.98 Å². The Morgan fingerprint density at radius 3 is 2.37 bits per heavy atom. The molecular formula is C26H18Cl3N5O. The number of rotatable bonds is 5. The van der Waals surface area contributed by atoms with Gasteiger partial charge in [0.1, 0.15) is 0 Å². The summed E-state index contributed by atoms with van der Waals surface area (Å²) in [5.74, 6) is 0.900. The first kappa shape index (κ1) is 22.3. The monoisotopic (exact) mass is 521 g/mol. The van der Waals surface area contributed by atoms with Crippen LogP contribution in [0.5, 0.6) is 0 Å². The van der Waals surface area contributed by atoms with E-state index in [-0.39, 0.29) is 5.41 Å². The first-order chi connectivity index (χ1) is 17.0. The van der Waals surface area contributed by atoms with Crippen molar-refractivity contribution in [1.29, 1.82) is 0 Å². The van der Waals surface area contributed by atoms with Crippen LogP contribution in [-0.2, 0) is 5.41 Å². The van der Waals surface area contributed by atoms with Crippen molar-refractivity contribution in [3.63, 3.8) is 0 Å². The van der Waals surface area contributed by atoms with Crippen LogP contribution in [0, 0.1) is 6.92 Å². The van der Waals surface area contributed by atoms with Crippen LogP contribution in [0.2, 0.25) is 15.1 Å². The number of aromatic nitrogens is 5. The van der Waals surface area contributed by atoms with E-state index in [0.29, 0.717) is 38.2 Å². The Morgan fingerprint density at radius 2 is 1.69 bits per heavy atom. The van der Waals surface area contributed by atoms with E-state index in [9.17, 15) is 0 Å². The average molecular weight is 523 g/mol. The second-order valence-corrected chi connectivity index (χ2v) is 9.83. The second-order valence-electron chi connectivity index (χ2n) is 8.55. The van der Waals surface area contributed by atoms with Gasteiger partial charge in [0.05, 0.1) is 27.5 Å². The van der Waals surface area contributed by atoms with E-state index in [1.54, 1.807) is 23.0 Å². The van der Waals surface area contributed by atoms with Gasteiger partial charge in [-0.05, 0) is 62.2 Å². The highest BCUT2D eigenvalue weighted by molar-refractivity contribution is 6.35. The van der Waals surface area contributed by atoms with Gasteiger partial charge in [0.25, 0.3) is 5.89 Å². The van der Waals surface area contributed by atoms with Crippen LogP contribution < -0.4 is 0 Å². The Morgan fingerprint density at radius 1 is 0.914 bits per heavy atom. The zero-order valence-corrected chi connectivity index (χ0v) is 20.8. The van der Waals surface area contributed by atoms with E-state index >= 15 is 0 Å². The molecular weight excluding hydrogens is 505 g/mol. The smallest absolute Gasteiger partial charge is 0.268 e. The lowest BCUT2D eigenvalue weighted by molar-refractivity contribution is 0.466. The van der Waals surface area contributed by atoms with Gasteiger partial charge in [-0.1, -0.05) is 53.0 Å². The highest BCUT2D eigenvalue weighted by atomic mass is 35.5. The van der Waals surface area contributed by atoms with Gasteiger partial charge in [0.2, 0.25) is 5.89 Å². The van der Waals surface area contributed by atoms with Gasteiger partial charge < -0.3 is 4.42 Å². The Balaban J connectivity index is 1.50. The lowest BCUT2D eigenvalue weighted by atomic mass is 10.0. The van der Waals surface area contributed by atoms with E-state index < -0.39 is 0 Å². The van der Waals surface area contributed by atoms with Crippen molar-refractivity contribution in [2.45, 2.75) is 25.2 Å². The maximum atomic E-state index is 6.57. The van der Waals surface area contributed by atoms with Crippen LogP contribution in [0.4, 0.5) is 0 Å². The summed E-state index contributed by atoms with van der Waals surface area (Å²) in [6, 6.07) is 18.7. The molecule has 1 saturated carbocycles. The first-order valence-electron chi connectivity index (χ1n) is 11.0. The third-order valence-corrected chi connectivity index (χ3v) is 7.11. The molecule has 3 aromatic heterocycles. The average Bonchev–Trinajstić information content (AvgIpc) is 3.40. The predicted molar refractivity (Wildman–Crippen MR) is 136 cm³/mol. The fourth-order valence-electron chi connectivity index (χ4n) is 4.34. The highest BCUT2D eigenvalue weighted by Crippen LogP contribution is 2.52. The minimum atomic E-state index is -0.332. The summed E-state index contributed by atoms with van der Waals surface area (Å²) in [6.07, 6.45) is 3.61. The van der Waals surface area contributed by atoms with Crippen molar-refractivity contribution in [2.75, 3.05) is 0 Å². The highest BCUT2D eigenvalue weighted by Gasteiger charge is 2.52. The molecule has 6 rings (SSSR count). The molecule has 9 heteroatoms. The van der Waals surface area contributed by atoms with Gasteiger partial charge in [-0.2, -0.15) is 5.10 Å². The molecule has 0 unspecified atom stereocenters. The molecule has 2 aromatic carbocycles. The molecule has 3 heterocycles. The van der Waals surface area contributed by atoms with Crippen molar-refractivity contribution in [3.05, 3.63) is 99.1 Å². The molecule has 0 spiro atoms. The summed E-state index contributed by atoms with van der Waals surface area (Å²) in [4.78, 5) is 4.53.